The van der Waals surface area contributed by atoms with Crippen molar-refractivity contribution in [2.45, 2.75) is 25.0 Å². The molecule has 1 aliphatic rings. The summed E-state index contributed by atoms with van der Waals surface area (Å²) in [5.74, 6) is 1.21. The summed E-state index contributed by atoms with van der Waals surface area (Å²) in [7, 11) is 0. The van der Waals surface area contributed by atoms with Gasteiger partial charge in [0.05, 0.1) is 12.1 Å². The molecule has 5 nitrogen and oxygen atoms in total. The fourth-order valence-corrected chi connectivity index (χ4v) is 2.62. The number of benzene rings is 1. The fourth-order valence-electron chi connectivity index (χ4n) is 2.20. The maximum absolute atomic E-state index is 9.48. The molecule has 100 valence electrons. The summed E-state index contributed by atoms with van der Waals surface area (Å²) in [6, 6.07) is 7.94. The van der Waals surface area contributed by atoms with E-state index in [4.69, 9.17) is 4.52 Å². The molecule has 0 aliphatic carbocycles. The van der Waals surface area contributed by atoms with Gasteiger partial charge in [-0.05, 0) is 18.1 Å². The first-order chi connectivity index (χ1) is 9.22. The van der Waals surface area contributed by atoms with Gasteiger partial charge in [0.1, 0.15) is 0 Å². The van der Waals surface area contributed by atoms with E-state index in [0.29, 0.717) is 31.1 Å². The molecular weight excluding hydrogens is 310 g/mol. The van der Waals surface area contributed by atoms with E-state index in [1.54, 1.807) is 0 Å². The number of aliphatic hydroxyl groups excluding tert-OH is 1. The molecule has 1 fully saturated rings. The van der Waals surface area contributed by atoms with Crippen molar-refractivity contribution >= 4 is 15.9 Å². The Labute approximate surface area is 119 Å². The fraction of sp³-hybridized carbons (Fsp3) is 0.385. The summed E-state index contributed by atoms with van der Waals surface area (Å²) in [5.41, 5.74) is 1.12. The number of rotatable bonds is 3. The predicted molar refractivity (Wildman–Crippen MR) is 72.6 cm³/mol. The number of hydrogen-bond acceptors (Lipinski definition) is 5. The molecule has 0 amide bonds. The third-order valence-electron chi connectivity index (χ3n) is 3.20. The number of aliphatic hydroxyl groups is 1. The first kappa shape index (κ1) is 12.8. The van der Waals surface area contributed by atoms with Gasteiger partial charge in [-0.2, -0.15) is 4.98 Å². The van der Waals surface area contributed by atoms with Crippen molar-refractivity contribution in [3.05, 3.63) is 46.0 Å². The molecule has 0 unspecified atom stereocenters. The maximum Gasteiger partial charge on any atom is 0.243 e. The molecular formula is C13H14BrN3O2. The minimum absolute atomic E-state index is 0.0320. The van der Waals surface area contributed by atoms with E-state index < -0.39 is 0 Å². The second kappa shape index (κ2) is 5.40. The maximum atomic E-state index is 9.48. The van der Waals surface area contributed by atoms with Gasteiger partial charge in [-0.1, -0.05) is 39.3 Å². The van der Waals surface area contributed by atoms with E-state index in [-0.39, 0.29) is 12.1 Å². The Balaban J connectivity index is 1.73. The van der Waals surface area contributed by atoms with Gasteiger partial charge >= 0.3 is 0 Å². The normalized spacial score (nSPS) is 22.8. The smallest absolute Gasteiger partial charge is 0.243 e. The molecule has 2 N–H and O–H groups in total. The van der Waals surface area contributed by atoms with Crippen LogP contribution < -0.4 is 5.32 Å². The molecule has 0 radical (unpaired) electrons. The Hall–Kier alpha value is -1.24. The summed E-state index contributed by atoms with van der Waals surface area (Å²) in [6.07, 6.45) is 0.917. The molecule has 0 bridgehead atoms. The van der Waals surface area contributed by atoms with E-state index in [0.717, 1.165) is 10.0 Å². The highest BCUT2D eigenvalue weighted by atomic mass is 79.9. The van der Waals surface area contributed by atoms with Crippen LogP contribution in [0.3, 0.4) is 0 Å². The summed E-state index contributed by atoms with van der Waals surface area (Å²) in [6.45, 7) is 0.576. The number of β-amino-alcohol motifs (C(OH)–C–C–N with tert-alkyl or cyclic N) is 1. The van der Waals surface area contributed by atoms with Crippen LogP contribution in [0.1, 0.15) is 29.7 Å². The molecule has 2 aromatic rings. The Kier molecular flexibility index (Phi) is 3.63. The monoisotopic (exact) mass is 323 g/mol. The molecule has 3 rings (SSSR count). The van der Waals surface area contributed by atoms with Gasteiger partial charge in [0, 0.05) is 17.4 Å². The zero-order chi connectivity index (χ0) is 13.2. The van der Waals surface area contributed by atoms with Crippen molar-refractivity contribution in [1.82, 2.24) is 15.5 Å². The summed E-state index contributed by atoms with van der Waals surface area (Å²) in [4.78, 5) is 4.39. The second-order valence-electron chi connectivity index (χ2n) is 4.67. The highest BCUT2D eigenvalue weighted by Gasteiger charge is 2.28. The number of aromatic nitrogens is 2. The van der Waals surface area contributed by atoms with Crippen LogP contribution in [0.2, 0.25) is 0 Å². The van der Waals surface area contributed by atoms with Crippen LogP contribution in [-0.2, 0) is 6.42 Å². The SMILES string of the molecule is O[C@H]1CN[C@H](c2nc(Cc3ccccc3Br)no2)C1. The van der Waals surface area contributed by atoms with Gasteiger partial charge in [0.15, 0.2) is 5.82 Å². The predicted octanol–water partition coefficient (Wildman–Crippen LogP) is 1.82. The van der Waals surface area contributed by atoms with E-state index in [2.05, 4.69) is 31.4 Å². The Bertz CT molecular complexity index is 573. The largest absolute Gasteiger partial charge is 0.392 e. The summed E-state index contributed by atoms with van der Waals surface area (Å²) in [5, 5.41) is 16.6. The molecule has 0 saturated carbocycles. The topological polar surface area (TPSA) is 71.2 Å². The molecule has 1 aromatic heterocycles. The average molecular weight is 324 g/mol. The summed E-state index contributed by atoms with van der Waals surface area (Å²) >= 11 is 3.50. The van der Waals surface area contributed by atoms with Crippen molar-refractivity contribution in [3.8, 4) is 0 Å². The van der Waals surface area contributed by atoms with Crippen molar-refractivity contribution < 1.29 is 9.63 Å². The number of nitrogens with one attached hydrogen (secondary N) is 1. The van der Waals surface area contributed by atoms with Crippen molar-refractivity contribution in [2.24, 2.45) is 0 Å². The lowest BCUT2D eigenvalue weighted by Crippen LogP contribution is -2.15. The van der Waals surface area contributed by atoms with E-state index in [1.807, 2.05) is 24.3 Å². The Morgan fingerprint density at radius 2 is 2.26 bits per heavy atom. The quantitative estimate of drug-likeness (QED) is 0.901. The third-order valence-corrected chi connectivity index (χ3v) is 3.97. The van der Waals surface area contributed by atoms with Gasteiger partial charge in [-0.15, -0.1) is 0 Å². The first-order valence-electron chi connectivity index (χ1n) is 6.19. The number of hydrogen-bond donors (Lipinski definition) is 2. The standard InChI is InChI=1S/C13H14BrN3O2/c14-10-4-2-1-3-8(10)5-12-16-13(19-17-12)11-6-9(18)7-15-11/h1-4,9,11,15,18H,5-7H2/t9-,11+/m1/s1. The minimum atomic E-state index is -0.330. The number of halogens is 1. The van der Waals surface area contributed by atoms with Crippen LogP contribution in [0.25, 0.3) is 0 Å². The molecule has 19 heavy (non-hydrogen) atoms. The highest BCUT2D eigenvalue weighted by Crippen LogP contribution is 2.23. The van der Waals surface area contributed by atoms with Crippen molar-refractivity contribution in [1.29, 1.82) is 0 Å². The van der Waals surface area contributed by atoms with E-state index in [9.17, 15) is 5.11 Å². The van der Waals surface area contributed by atoms with Crippen LogP contribution in [0.15, 0.2) is 33.3 Å². The lowest BCUT2D eigenvalue weighted by Gasteiger charge is -2.02. The van der Waals surface area contributed by atoms with E-state index in [1.165, 1.54) is 0 Å². The van der Waals surface area contributed by atoms with Crippen LogP contribution in [0.5, 0.6) is 0 Å². The Morgan fingerprint density at radius 3 is 3.00 bits per heavy atom. The van der Waals surface area contributed by atoms with Gasteiger partial charge in [-0.25, -0.2) is 0 Å². The molecule has 0 spiro atoms. The lowest BCUT2D eigenvalue weighted by atomic mass is 10.1. The highest BCUT2D eigenvalue weighted by molar-refractivity contribution is 9.10. The Morgan fingerprint density at radius 1 is 1.42 bits per heavy atom. The van der Waals surface area contributed by atoms with Crippen LogP contribution in [0, 0.1) is 0 Å². The zero-order valence-corrected chi connectivity index (χ0v) is 11.8. The molecule has 1 saturated heterocycles. The molecule has 2 atom stereocenters. The molecule has 2 heterocycles. The van der Waals surface area contributed by atoms with Crippen LogP contribution >= 0.6 is 15.9 Å². The lowest BCUT2D eigenvalue weighted by molar-refractivity contribution is 0.191. The minimum Gasteiger partial charge on any atom is -0.392 e. The number of nitrogens with zero attached hydrogens (tertiary/aromatic N) is 2. The molecule has 1 aromatic carbocycles. The van der Waals surface area contributed by atoms with Crippen molar-refractivity contribution in [3.63, 3.8) is 0 Å². The second-order valence-corrected chi connectivity index (χ2v) is 5.52. The van der Waals surface area contributed by atoms with Gasteiger partial charge in [0.25, 0.3) is 0 Å². The molecule has 1 aliphatic heterocycles. The average Bonchev–Trinajstić information content (AvgIpc) is 3.01. The van der Waals surface area contributed by atoms with Crippen LogP contribution in [-0.4, -0.2) is 27.9 Å². The molecule has 6 heteroatoms. The third kappa shape index (κ3) is 2.86. The first-order valence-corrected chi connectivity index (χ1v) is 6.99. The van der Waals surface area contributed by atoms with Gasteiger partial charge in [0.2, 0.25) is 5.89 Å². The van der Waals surface area contributed by atoms with E-state index >= 15 is 0 Å². The van der Waals surface area contributed by atoms with Gasteiger partial charge < -0.3 is 14.9 Å². The zero-order valence-electron chi connectivity index (χ0n) is 10.2. The summed E-state index contributed by atoms with van der Waals surface area (Å²) < 4.78 is 6.30. The van der Waals surface area contributed by atoms with Crippen molar-refractivity contribution in [2.75, 3.05) is 6.54 Å². The van der Waals surface area contributed by atoms with Crippen LogP contribution in [0.4, 0.5) is 0 Å². The van der Waals surface area contributed by atoms with Gasteiger partial charge in [-0.3, -0.25) is 0 Å².